The van der Waals surface area contributed by atoms with Crippen molar-refractivity contribution in [2.24, 2.45) is 0 Å². The molecule has 0 aliphatic rings. The Morgan fingerprint density at radius 3 is 3.09 bits per heavy atom. The number of thioether (sulfide) groups is 1. The minimum absolute atomic E-state index is 0.104. The largest absolute Gasteiger partial charge is 0.355 e. The van der Waals surface area contributed by atoms with Crippen molar-refractivity contribution in [1.29, 1.82) is 0 Å². The van der Waals surface area contributed by atoms with Gasteiger partial charge in [-0.25, -0.2) is 4.98 Å². The van der Waals surface area contributed by atoms with Gasteiger partial charge in [-0.2, -0.15) is 0 Å². The van der Waals surface area contributed by atoms with Gasteiger partial charge in [-0.1, -0.05) is 23.0 Å². The van der Waals surface area contributed by atoms with E-state index in [9.17, 15) is 4.79 Å². The molecule has 0 fully saturated rings. The molecule has 1 N–H and O–H groups in total. The van der Waals surface area contributed by atoms with Gasteiger partial charge in [-0.15, -0.1) is 22.7 Å². The Kier molecular flexibility index (Phi) is 3.57. The number of hydrogen-bond acceptors (Lipinski definition) is 7. The molecule has 0 aromatic carbocycles. The Labute approximate surface area is 137 Å². The summed E-state index contributed by atoms with van der Waals surface area (Å²) in [5.74, 6) is 1.36. The molecule has 0 aliphatic carbocycles. The molecule has 0 unspecified atom stereocenters. The van der Waals surface area contributed by atoms with Crippen LogP contribution in [0.1, 0.15) is 5.69 Å². The lowest BCUT2D eigenvalue weighted by Gasteiger charge is -1.98. The molecule has 4 heterocycles. The number of H-pyrrole nitrogens is 1. The molecule has 0 saturated heterocycles. The summed E-state index contributed by atoms with van der Waals surface area (Å²) >= 11 is 4.51. The van der Waals surface area contributed by atoms with Crippen LogP contribution in [-0.4, -0.2) is 15.1 Å². The lowest BCUT2D eigenvalue weighted by atomic mass is 10.3. The minimum Gasteiger partial charge on any atom is -0.355 e. The highest BCUT2D eigenvalue weighted by atomic mass is 32.2. The number of fused-ring (bicyclic) bond motifs is 1. The second-order valence-corrected chi connectivity index (χ2v) is 7.27. The fourth-order valence-electron chi connectivity index (χ4n) is 1.97. The van der Waals surface area contributed by atoms with Crippen molar-refractivity contribution in [2.45, 2.75) is 10.9 Å². The van der Waals surface area contributed by atoms with E-state index in [-0.39, 0.29) is 5.56 Å². The van der Waals surface area contributed by atoms with Crippen LogP contribution in [0.5, 0.6) is 0 Å². The molecule has 0 atom stereocenters. The van der Waals surface area contributed by atoms with Crippen molar-refractivity contribution in [2.75, 3.05) is 0 Å². The average Bonchev–Trinajstić information content (AvgIpc) is 3.25. The third kappa shape index (κ3) is 2.60. The maximum absolute atomic E-state index is 11.9. The third-order valence-electron chi connectivity index (χ3n) is 2.99. The van der Waals surface area contributed by atoms with E-state index in [4.69, 9.17) is 4.52 Å². The van der Waals surface area contributed by atoms with E-state index in [2.05, 4.69) is 15.1 Å². The molecule has 4 rings (SSSR count). The van der Waals surface area contributed by atoms with E-state index < -0.39 is 0 Å². The average molecular weight is 347 g/mol. The van der Waals surface area contributed by atoms with Crippen molar-refractivity contribution >= 4 is 44.7 Å². The number of rotatable bonds is 4. The van der Waals surface area contributed by atoms with Crippen LogP contribution in [0, 0.1) is 0 Å². The van der Waals surface area contributed by atoms with Crippen LogP contribution in [0.4, 0.5) is 0 Å². The monoisotopic (exact) mass is 347 g/mol. The van der Waals surface area contributed by atoms with Crippen LogP contribution >= 0.6 is 34.4 Å². The van der Waals surface area contributed by atoms with Gasteiger partial charge in [-0.3, -0.25) is 4.79 Å². The first-order valence-electron chi connectivity index (χ1n) is 6.39. The molecule has 4 aromatic rings. The SMILES string of the molecule is O=c1[nH]c(SCc2cc(-c3cccs3)on2)nc2sccc12. The summed E-state index contributed by atoms with van der Waals surface area (Å²) in [7, 11) is 0. The van der Waals surface area contributed by atoms with Crippen LogP contribution < -0.4 is 5.56 Å². The predicted molar refractivity (Wildman–Crippen MR) is 89.6 cm³/mol. The van der Waals surface area contributed by atoms with E-state index in [1.54, 1.807) is 17.4 Å². The topological polar surface area (TPSA) is 71.8 Å². The maximum atomic E-state index is 11.9. The normalized spacial score (nSPS) is 11.3. The van der Waals surface area contributed by atoms with Crippen molar-refractivity contribution in [3.63, 3.8) is 0 Å². The van der Waals surface area contributed by atoms with E-state index >= 15 is 0 Å². The van der Waals surface area contributed by atoms with Gasteiger partial charge in [0.2, 0.25) is 0 Å². The molecule has 0 aliphatic heterocycles. The molecule has 4 aromatic heterocycles. The van der Waals surface area contributed by atoms with E-state index in [0.717, 1.165) is 21.2 Å². The van der Waals surface area contributed by atoms with E-state index in [0.29, 0.717) is 16.3 Å². The second kappa shape index (κ2) is 5.71. The van der Waals surface area contributed by atoms with Crippen molar-refractivity contribution in [1.82, 2.24) is 15.1 Å². The first-order chi connectivity index (χ1) is 10.8. The zero-order valence-electron chi connectivity index (χ0n) is 11.1. The van der Waals surface area contributed by atoms with Gasteiger partial charge in [0.05, 0.1) is 16.0 Å². The number of nitrogens with zero attached hydrogens (tertiary/aromatic N) is 2. The Hall–Kier alpha value is -1.90. The van der Waals surface area contributed by atoms with Gasteiger partial charge in [0.25, 0.3) is 5.56 Å². The summed E-state index contributed by atoms with van der Waals surface area (Å²) in [6, 6.07) is 7.67. The predicted octanol–water partition coefficient (Wildman–Crippen LogP) is 3.99. The van der Waals surface area contributed by atoms with Crippen molar-refractivity contribution in [3.05, 3.63) is 51.1 Å². The van der Waals surface area contributed by atoms with Gasteiger partial charge in [-0.05, 0) is 22.9 Å². The maximum Gasteiger partial charge on any atom is 0.260 e. The first-order valence-corrected chi connectivity index (χ1v) is 9.14. The van der Waals surface area contributed by atoms with Gasteiger partial charge < -0.3 is 9.51 Å². The summed E-state index contributed by atoms with van der Waals surface area (Å²) in [4.78, 5) is 20.9. The standard InChI is InChI=1S/C14H9N3O2S3/c18-12-9-3-5-21-13(9)16-14(15-12)22-7-8-6-10(19-17-8)11-2-1-4-20-11/h1-6H,7H2,(H,15,16,18). The van der Waals surface area contributed by atoms with E-state index in [1.165, 1.54) is 23.1 Å². The summed E-state index contributed by atoms with van der Waals surface area (Å²) in [5, 5.41) is 9.15. The van der Waals surface area contributed by atoms with Crippen molar-refractivity contribution in [3.8, 4) is 10.6 Å². The molecule has 5 nitrogen and oxygen atoms in total. The van der Waals surface area contributed by atoms with Crippen LogP contribution in [0.3, 0.4) is 0 Å². The molecule has 0 spiro atoms. The second-order valence-electron chi connectivity index (χ2n) is 4.46. The Morgan fingerprint density at radius 2 is 2.23 bits per heavy atom. The molecule has 0 saturated carbocycles. The molecule has 22 heavy (non-hydrogen) atoms. The number of thiophene rings is 2. The molecule has 0 radical (unpaired) electrons. The summed E-state index contributed by atoms with van der Waals surface area (Å²) in [6.07, 6.45) is 0. The zero-order valence-corrected chi connectivity index (χ0v) is 13.6. The van der Waals surface area contributed by atoms with Gasteiger partial charge >= 0.3 is 0 Å². The molecule has 0 amide bonds. The van der Waals surface area contributed by atoms with Crippen LogP contribution in [-0.2, 0) is 5.75 Å². The lowest BCUT2D eigenvalue weighted by Crippen LogP contribution is -2.07. The highest BCUT2D eigenvalue weighted by Gasteiger charge is 2.10. The molecule has 0 bridgehead atoms. The third-order valence-corrected chi connectivity index (χ3v) is 5.59. The summed E-state index contributed by atoms with van der Waals surface area (Å²) in [5.41, 5.74) is 0.718. The summed E-state index contributed by atoms with van der Waals surface area (Å²) in [6.45, 7) is 0. The molecule has 110 valence electrons. The Balaban J connectivity index is 1.53. The Morgan fingerprint density at radius 1 is 1.27 bits per heavy atom. The first kappa shape index (κ1) is 13.7. The number of hydrogen-bond donors (Lipinski definition) is 1. The smallest absolute Gasteiger partial charge is 0.260 e. The number of aromatic amines is 1. The van der Waals surface area contributed by atoms with Crippen LogP contribution in [0.25, 0.3) is 20.9 Å². The Bertz CT molecular complexity index is 969. The van der Waals surface area contributed by atoms with Gasteiger partial charge in [0.15, 0.2) is 10.9 Å². The van der Waals surface area contributed by atoms with Crippen LogP contribution in [0.15, 0.2) is 49.5 Å². The number of nitrogens with one attached hydrogen (secondary N) is 1. The highest BCUT2D eigenvalue weighted by molar-refractivity contribution is 7.98. The lowest BCUT2D eigenvalue weighted by molar-refractivity contribution is 0.427. The molecule has 8 heteroatoms. The fraction of sp³-hybridized carbons (Fsp3) is 0.0714. The highest BCUT2D eigenvalue weighted by Crippen LogP contribution is 2.27. The molecular formula is C14H9N3O2S3. The van der Waals surface area contributed by atoms with Gasteiger partial charge in [0.1, 0.15) is 4.83 Å². The quantitative estimate of drug-likeness (QED) is 0.446. The van der Waals surface area contributed by atoms with Crippen molar-refractivity contribution < 1.29 is 4.52 Å². The fourth-order valence-corrected chi connectivity index (χ4v) is 4.21. The minimum atomic E-state index is -0.104. The zero-order chi connectivity index (χ0) is 14.9. The van der Waals surface area contributed by atoms with E-state index in [1.807, 2.05) is 29.0 Å². The summed E-state index contributed by atoms with van der Waals surface area (Å²) < 4.78 is 5.34. The van der Waals surface area contributed by atoms with Crippen LogP contribution in [0.2, 0.25) is 0 Å². The van der Waals surface area contributed by atoms with Gasteiger partial charge in [0, 0.05) is 11.8 Å². The number of aromatic nitrogens is 3. The molecular weight excluding hydrogens is 338 g/mol.